The van der Waals surface area contributed by atoms with Crippen molar-refractivity contribution in [3.63, 3.8) is 0 Å². The number of nitrogens with zero attached hydrogens (tertiary/aromatic N) is 3. The Hall–Kier alpha value is -5.04. The Labute approximate surface area is 223 Å². The van der Waals surface area contributed by atoms with Crippen LogP contribution in [0.1, 0.15) is 16.1 Å². The number of pyridine rings is 1. The van der Waals surface area contributed by atoms with E-state index in [-0.39, 0.29) is 5.91 Å². The molecule has 5 aromatic rings. The van der Waals surface area contributed by atoms with Crippen LogP contribution in [0.4, 0.5) is 26.0 Å². The summed E-state index contributed by atoms with van der Waals surface area (Å²) < 4.78 is 36.1. The van der Waals surface area contributed by atoms with Crippen molar-refractivity contribution < 1.29 is 18.3 Å². The number of hydrogen-bond donors (Lipinski definition) is 0. The van der Waals surface area contributed by atoms with Crippen LogP contribution in [0.25, 0.3) is 22.3 Å². The van der Waals surface area contributed by atoms with Gasteiger partial charge in [0.2, 0.25) is 0 Å². The van der Waals surface area contributed by atoms with Crippen molar-refractivity contribution in [1.29, 1.82) is 0 Å². The maximum absolute atomic E-state index is 14.8. The number of amides is 1. The summed E-state index contributed by atoms with van der Waals surface area (Å²) in [6, 6.07) is 27.5. The second kappa shape index (κ2) is 8.77. The fraction of sp³-hybridized carbons (Fsp3) is 0.0625. The Bertz CT molecular complexity index is 1710. The summed E-state index contributed by atoms with van der Waals surface area (Å²) in [6.45, 7) is 0.377. The van der Waals surface area contributed by atoms with Gasteiger partial charge in [-0.3, -0.25) is 9.69 Å². The molecular weight excluding hydrogens is 496 g/mol. The molecule has 190 valence electrons. The summed E-state index contributed by atoms with van der Waals surface area (Å²) >= 11 is 0. The van der Waals surface area contributed by atoms with Gasteiger partial charge in [0.15, 0.2) is 0 Å². The number of aromatic nitrogens is 1. The molecule has 1 aromatic heterocycles. The third-order valence-electron chi connectivity index (χ3n) is 7.13. The van der Waals surface area contributed by atoms with Gasteiger partial charge in [0.25, 0.3) is 5.91 Å². The number of rotatable bonds is 1. The molecule has 0 N–H and O–H groups in total. The molecule has 0 atom stereocenters. The zero-order valence-corrected chi connectivity index (χ0v) is 20.9. The zero-order chi connectivity index (χ0) is 26.7. The average Bonchev–Trinajstić information content (AvgIpc) is 3.23. The molecule has 2 aliphatic heterocycles. The highest BCUT2D eigenvalue weighted by atomic mass is 19.1. The largest absolute Gasteiger partial charge is 0.456 e. The standard InChI is InChI=1S/C32H21F2N3O2/c1-36-18-26-23(32(36)38)12-15-31(35-26)37-27-13-10-19(33)16-24(27)21-6-2-4-8-29(21)39-30-9-5-3-7-22(30)25-17-20(34)11-14-28(25)37/h2-17H,18H2,1H3. The van der Waals surface area contributed by atoms with Crippen LogP contribution in [-0.2, 0) is 6.54 Å². The number of carbonyl (C=O) groups excluding carboxylic acids is 1. The number of benzene rings is 4. The van der Waals surface area contributed by atoms with E-state index in [2.05, 4.69) is 0 Å². The van der Waals surface area contributed by atoms with Crippen molar-refractivity contribution in [2.24, 2.45) is 0 Å². The number of halogens is 2. The zero-order valence-electron chi connectivity index (χ0n) is 20.9. The summed E-state index contributed by atoms with van der Waals surface area (Å²) in [4.78, 5) is 21.0. The number of fused-ring (bicyclic) bond motifs is 7. The van der Waals surface area contributed by atoms with E-state index in [1.54, 1.807) is 36.2 Å². The molecule has 7 rings (SSSR count). The molecule has 0 radical (unpaired) electrons. The lowest BCUT2D eigenvalue weighted by atomic mass is 9.97. The molecule has 5 nitrogen and oxygen atoms in total. The average molecular weight is 518 g/mol. The Kier molecular flexibility index (Phi) is 5.20. The van der Waals surface area contributed by atoms with E-state index in [1.807, 2.05) is 53.4 Å². The minimum Gasteiger partial charge on any atom is -0.456 e. The molecule has 0 bridgehead atoms. The number of para-hydroxylation sites is 2. The SMILES string of the molecule is CN1Cc2nc(N3c4ccc(F)cc4-c4ccccc4Oc4ccccc4-c4cc(F)ccc43)ccc2C1=O. The smallest absolute Gasteiger partial charge is 0.255 e. The first-order valence-corrected chi connectivity index (χ1v) is 12.5. The maximum atomic E-state index is 14.8. The Morgan fingerprint density at radius 1 is 0.692 bits per heavy atom. The van der Waals surface area contributed by atoms with E-state index < -0.39 is 11.6 Å². The van der Waals surface area contributed by atoms with Crippen molar-refractivity contribution in [2.45, 2.75) is 6.54 Å². The highest BCUT2D eigenvalue weighted by Crippen LogP contribution is 2.50. The van der Waals surface area contributed by atoms with Crippen molar-refractivity contribution in [2.75, 3.05) is 11.9 Å². The van der Waals surface area contributed by atoms with Crippen LogP contribution < -0.4 is 9.64 Å². The highest BCUT2D eigenvalue weighted by Gasteiger charge is 2.30. The lowest BCUT2D eigenvalue weighted by Crippen LogP contribution is -2.17. The van der Waals surface area contributed by atoms with Gasteiger partial charge in [0.1, 0.15) is 29.0 Å². The summed E-state index contributed by atoms with van der Waals surface area (Å²) in [5.41, 5.74) is 4.99. The fourth-order valence-electron chi connectivity index (χ4n) is 5.32. The summed E-state index contributed by atoms with van der Waals surface area (Å²) in [6.07, 6.45) is 0. The topological polar surface area (TPSA) is 45.7 Å². The van der Waals surface area contributed by atoms with Crippen LogP contribution in [0.2, 0.25) is 0 Å². The highest BCUT2D eigenvalue weighted by molar-refractivity contribution is 5.99. The molecule has 0 unspecified atom stereocenters. The fourth-order valence-corrected chi connectivity index (χ4v) is 5.32. The molecule has 0 spiro atoms. The van der Waals surface area contributed by atoms with Crippen LogP contribution in [0.15, 0.2) is 97.1 Å². The summed E-state index contributed by atoms with van der Waals surface area (Å²) in [7, 11) is 1.73. The quantitative estimate of drug-likeness (QED) is 0.223. The first-order valence-electron chi connectivity index (χ1n) is 12.5. The minimum absolute atomic E-state index is 0.0880. The van der Waals surface area contributed by atoms with Crippen LogP contribution in [0, 0.1) is 11.6 Å². The predicted octanol–water partition coefficient (Wildman–Crippen LogP) is 7.85. The predicted molar refractivity (Wildman–Crippen MR) is 146 cm³/mol. The lowest BCUT2D eigenvalue weighted by Gasteiger charge is -2.31. The number of ether oxygens (including phenoxy) is 1. The first kappa shape index (κ1) is 23.1. The first-order chi connectivity index (χ1) is 19.0. The van der Waals surface area contributed by atoms with Gasteiger partial charge in [-0.2, -0.15) is 0 Å². The van der Waals surface area contributed by atoms with Crippen LogP contribution in [0.5, 0.6) is 11.5 Å². The van der Waals surface area contributed by atoms with Gasteiger partial charge in [0, 0.05) is 29.3 Å². The Morgan fingerprint density at radius 3 is 1.85 bits per heavy atom. The van der Waals surface area contributed by atoms with E-state index in [1.165, 1.54) is 24.3 Å². The molecule has 0 saturated carbocycles. The summed E-state index contributed by atoms with van der Waals surface area (Å²) in [5.74, 6) is 0.685. The van der Waals surface area contributed by atoms with E-state index in [4.69, 9.17) is 9.72 Å². The van der Waals surface area contributed by atoms with E-state index in [9.17, 15) is 13.6 Å². The second-order valence-electron chi connectivity index (χ2n) is 9.58. The minimum atomic E-state index is -0.408. The van der Waals surface area contributed by atoms with Crippen molar-refractivity contribution in [3.05, 3.63) is 120 Å². The van der Waals surface area contributed by atoms with Gasteiger partial charge in [-0.25, -0.2) is 13.8 Å². The Balaban J connectivity index is 1.59. The van der Waals surface area contributed by atoms with E-state index >= 15 is 0 Å². The molecule has 0 aliphatic carbocycles. The molecule has 3 heterocycles. The third-order valence-corrected chi connectivity index (χ3v) is 7.13. The van der Waals surface area contributed by atoms with Crippen molar-refractivity contribution >= 4 is 23.1 Å². The van der Waals surface area contributed by atoms with Crippen LogP contribution >= 0.6 is 0 Å². The molecule has 1 amide bonds. The molecular formula is C32H21F2N3O2. The van der Waals surface area contributed by atoms with Gasteiger partial charge in [-0.05, 0) is 60.7 Å². The van der Waals surface area contributed by atoms with Crippen LogP contribution in [0.3, 0.4) is 0 Å². The number of carbonyl (C=O) groups is 1. The Morgan fingerprint density at radius 2 is 1.26 bits per heavy atom. The molecule has 39 heavy (non-hydrogen) atoms. The van der Waals surface area contributed by atoms with Crippen molar-refractivity contribution in [1.82, 2.24) is 9.88 Å². The van der Waals surface area contributed by atoms with Gasteiger partial charge < -0.3 is 9.64 Å². The summed E-state index contributed by atoms with van der Waals surface area (Å²) in [5, 5.41) is 0. The van der Waals surface area contributed by atoms with E-state index in [0.717, 1.165) is 0 Å². The van der Waals surface area contributed by atoms with Gasteiger partial charge >= 0.3 is 0 Å². The number of anilines is 3. The third kappa shape index (κ3) is 3.74. The van der Waals surface area contributed by atoms with Gasteiger partial charge in [0.05, 0.1) is 29.2 Å². The van der Waals surface area contributed by atoms with Crippen LogP contribution in [-0.4, -0.2) is 22.8 Å². The van der Waals surface area contributed by atoms with E-state index in [0.29, 0.717) is 68.7 Å². The number of hydrogen-bond acceptors (Lipinski definition) is 4. The lowest BCUT2D eigenvalue weighted by molar-refractivity contribution is 0.0816. The second-order valence-corrected chi connectivity index (χ2v) is 9.58. The molecule has 4 aromatic carbocycles. The molecule has 7 heteroatoms. The van der Waals surface area contributed by atoms with Gasteiger partial charge in [-0.1, -0.05) is 36.4 Å². The monoisotopic (exact) mass is 517 g/mol. The maximum Gasteiger partial charge on any atom is 0.255 e. The molecule has 2 aliphatic rings. The molecule has 0 saturated heterocycles. The molecule has 0 fully saturated rings. The normalized spacial score (nSPS) is 13.6. The van der Waals surface area contributed by atoms with Crippen molar-refractivity contribution in [3.8, 4) is 33.8 Å². The van der Waals surface area contributed by atoms with Gasteiger partial charge in [-0.15, -0.1) is 0 Å².